The lowest BCUT2D eigenvalue weighted by molar-refractivity contribution is -0.165. The highest BCUT2D eigenvalue weighted by molar-refractivity contribution is 6.03. The minimum Gasteiger partial charge on any atom is -0.462 e. The minimum atomic E-state index is -1.18. The van der Waals surface area contributed by atoms with Crippen LogP contribution in [0.15, 0.2) is 24.3 Å². The van der Waals surface area contributed by atoms with E-state index >= 15 is 0 Å². The van der Waals surface area contributed by atoms with E-state index in [1.165, 1.54) is 0 Å². The number of ether oxygens (including phenoxy) is 2. The standard InChI is InChI=1S/C19H23NO5/c1-5-24-14(21)12-7-6-8-13(11-12)20-15(22)19-10-9-18(4,16(23)25-19)17(19,2)3/h6-8,11H,5,9-10H2,1-4H3,(H,20,22)/t18-,19-/m0/s1. The summed E-state index contributed by atoms with van der Waals surface area (Å²) in [6, 6.07) is 6.54. The van der Waals surface area contributed by atoms with Crippen LogP contribution in [0.1, 0.15) is 50.9 Å². The van der Waals surface area contributed by atoms with Gasteiger partial charge in [0.2, 0.25) is 0 Å². The van der Waals surface area contributed by atoms with E-state index in [4.69, 9.17) is 9.47 Å². The lowest BCUT2D eigenvalue weighted by Crippen LogP contribution is -2.50. The van der Waals surface area contributed by atoms with Crippen LogP contribution >= 0.6 is 0 Å². The van der Waals surface area contributed by atoms with Crippen molar-refractivity contribution >= 4 is 23.5 Å². The SMILES string of the molecule is CCOC(=O)c1cccc(NC(=O)[C@]23CC[C@@](C)(C(=O)O2)C3(C)C)c1. The highest BCUT2D eigenvalue weighted by Crippen LogP contribution is 2.65. The molecule has 1 amide bonds. The van der Waals surface area contributed by atoms with Crippen LogP contribution in [0.25, 0.3) is 0 Å². The molecule has 1 aliphatic heterocycles. The number of carbonyl (C=O) groups is 3. The molecule has 2 atom stereocenters. The Labute approximate surface area is 146 Å². The van der Waals surface area contributed by atoms with Gasteiger partial charge in [0, 0.05) is 11.1 Å². The van der Waals surface area contributed by atoms with Gasteiger partial charge in [0.1, 0.15) is 0 Å². The summed E-state index contributed by atoms with van der Waals surface area (Å²) in [6.45, 7) is 7.68. The fourth-order valence-electron chi connectivity index (χ4n) is 3.92. The lowest BCUT2D eigenvalue weighted by atomic mass is 9.66. The smallest absolute Gasteiger partial charge is 0.338 e. The number of hydrogen-bond donors (Lipinski definition) is 1. The highest BCUT2D eigenvalue weighted by Gasteiger charge is 2.75. The number of fused-ring (bicyclic) bond motifs is 2. The van der Waals surface area contributed by atoms with Crippen LogP contribution in [-0.2, 0) is 19.1 Å². The third-order valence-corrected chi connectivity index (χ3v) is 6.08. The van der Waals surface area contributed by atoms with Gasteiger partial charge in [-0.15, -0.1) is 0 Å². The van der Waals surface area contributed by atoms with Gasteiger partial charge < -0.3 is 14.8 Å². The second-order valence-electron chi connectivity index (χ2n) is 7.43. The van der Waals surface area contributed by atoms with Crippen LogP contribution in [0.4, 0.5) is 5.69 Å². The molecule has 0 radical (unpaired) electrons. The molecule has 6 nitrogen and oxygen atoms in total. The monoisotopic (exact) mass is 345 g/mol. The summed E-state index contributed by atoms with van der Waals surface area (Å²) in [5.74, 6) is -1.12. The number of hydrogen-bond acceptors (Lipinski definition) is 5. The van der Waals surface area contributed by atoms with E-state index in [0.717, 1.165) is 0 Å². The van der Waals surface area contributed by atoms with Crippen molar-refractivity contribution in [2.45, 2.75) is 46.1 Å². The molecule has 134 valence electrons. The van der Waals surface area contributed by atoms with E-state index < -0.39 is 22.4 Å². The van der Waals surface area contributed by atoms with Crippen LogP contribution in [0.3, 0.4) is 0 Å². The molecule has 6 heteroatoms. The van der Waals surface area contributed by atoms with Crippen molar-refractivity contribution in [1.29, 1.82) is 0 Å². The summed E-state index contributed by atoms with van der Waals surface area (Å²) in [4.78, 5) is 37.1. The fraction of sp³-hybridized carbons (Fsp3) is 0.526. The predicted molar refractivity (Wildman–Crippen MR) is 91.0 cm³/mol. The molecule has 3 rings (SSSR count). The first kappa shape index (κ1) is 17.5. The van der Waals surface area contributed by atoms with Crippen molar-refractivity contribution < 1.29 is 23.9 Å². The average molecular weight is 345 g/mol. The first-order valence-corrected chi connectivity index (χ1v) is 8.50. The molecule has 1 aromatic carbocycles. The van der Waals surface area contributed by atoms with Gasteiger partial charge in [-0.3, -0.25) is 9.59 Å². The maximum Gasteiger partial charge on any atom is 0.338 e. The Balaban J connectivity index is 1.85. The van der Waals surface area contributed by atoms with Crippen molar-refractivity contribution in [3.05, 3.63) is 29.8 Å². The van der Waals surface area contributed by atoms with Crippen LogP contribution in [0.5, 0.6) is 0 Å². The van der Waals surface area contributed by atoms with E-state index in [1.54, 1.807) is 31.2 Å². The number of anilines is 1. The Hall–Kier alpha value is -2.37. The molecule has 0 unspecified atom stereocenters. The van der Waals surface area contributed by atoms with Crippen LogP contribution in [-0.4, -0.2) is 30.1 Å². The molecule has 1 saturated carbocycles. The van der Waals surface area contributed by atoms with Gasteiger partial charge in [0.05, 0.1) is 17.6 Å². The van der Waals surface area contributed by atoms with Crippen molar-refractivity contribution in [3.8, 4) is 0 Å². The molecular weight excluding hydrogens is 322 g/mol. The zero-order valence-electron chi connectivity index (χ0n) is 15.0. The lowest BCUT2D eigenvalue weighted by Gasteiger charge is -2.35. The average Bonchev–Trinajstić information content (AvgIpc) is 2.86. The van der Waals surface area contributed by atoms with E-state index in [2.05, 4.69) is 5.32 Å². The normalized spacial score (nSPS) is 29.2. The number of rotatable bonds is 4. The van der Waals surface area contributed by atoms with Gasteiger partial charge in [0.25, 0.3) is 5.91 Å². The van der Waals surface area contributed by atoms with E-state index in [-0.39, 0.29) is 18.5 Å². The summed E-state index contributed by atoms with van der Waals surface area (Å²) < 4.78 is 10.5. The van der Waals surface area contributed by atoms with Gasteiger partial charge in [-0.2, -0.15) is 0 Å². The maximum atomic E-state index is 13.0. The molecule has 2 fully saturated rings. The maximum absolute atomic E-state index is 13.0. The summed E-state index contributed by atoms with van der Waals surface area (Å²) in [5, 5.41) is 2.81. The Morgan fingerprint density at radius 1 is 1.24 bits per heavy atom. The van der Waals surface area contributed by atoms with E-state index in [9.17, 15) is 14.4 Å². The van der Waals surface area contributed by atoms with Gasteiger partial charge in [-0.25, -0.2) is 4.79 Å². The first-order chi connectivity index (χ1) is 11.7. The number of amides is 1. The minimum absolute atomic E-state index is 0.279. The van der Waals surface area contributed by atoms with Gasteiger partial charge in [-0.1, -0.05) is 19.9 Å². The molecule has 1 aliphatic carbocycles. The Kier molecular flexibility index (Phi) is 3.89. The largest absolute Gasteiger partial charge is 0.462 e. The highest BCUT2D eigenvalue weighted by atomic mass is 16.6. The molecule has 2 aliphatic rings. The van der Waals surface area contributed by atoms with Crippen molar-refractivity contribution in [2.24, 2.45) is 10.8 Å². The Morgan fingerprint density at radius 2 is 1.96 bits per heavy atom. The molecule has 1 saturated heterocycles. The van der Waals surface area contributed by atoms with E-state index in [1.807, 2.05) is 20.8 Å². The molecular formula is C19H23NO5. The van der Waals surface area contributed by atoms with Crippen molar-refractivity contribution in [1.82, 2.24) is 0 Å². The molecule has 2 bridgehead atoms. The first-order valence-electron chi connectivity index (χ1n) is 8.50. The predicted octanol–water partition coefficient (Wildman–Crippen LogP) is 2.92. The molecule has 25 heavy (non-hydrogen) atoms. The Bertz CT molecular complexity index is 756. The summed E-state index contributed by atoms with van der Waals surface area (Å²) in [6.07, 6.45) is 1.11. The zero-order valence-corrected chi connectivity index (χ0v) is 15.0. The summed E-state index contributed by atoms with van der Waals surface area (Å²) in [5.41, 5.74) is -1.62. The number of nitrogens with one attached hydrogen (secondary N) is 1. The van der Waals surface area contributed by atoms with Crippen LogP contribution < -0.4 is 5.32 Å². The van der Waals surface area contributed by atoms with E-state index in [0.29, 0.717) is 24.1 Å². The number of carbonyl (C=O) groups excluding carboxylic acids is 3. The van der Waals surface area contributed by atoms with Crippen LogP contribution in [0, 0.1) is 10.8 Å². The third-order valence-electron chi connectivity index (χ3n) is 6.08. The van der Waals surface area contributed by atoms with Gasteiger partial charge in [0.15, 0.2) is 5.60 Å². The van der Waals surface area contributed by atoms with Gasteiger partial charge >= 0.3 is 11.9 Å². The topological polar surface area (TPSA) is 81.7 Å². The second-order valence-corrected chi connectivity index (χ2v) is 7.43. The molecule has 0 spiro atoms. The number of benzene rings is 1. The van der Waals surface area contributed by atoms with Gasteiger partial charge in [-0.05, 0) is 44.9 Å². The van der Waals surface area contributed by atoms with Crippen molar-refractivity contribution in [3.63, 3.8) is 0 Å². The fourth-order valence-corrected chi connectivity index (χ4v) is 3.92. The Morgan fingerprint density at radius 3 is 2.52 bits per heavy atom. The second kappa shape index (κ2) is 5.58. The molecule has 1 aromatic rings. The number of esters is 2. The van der Waals surface area contributed by atoms with Crippen molar-refractivity contribution in [2.75, 3.05) is 11.9 Å². The van der Waals surface area contributed by atoms with Crippen LogP contribution in [0.2, 0.25) is 0 Å². The molecule has 1 N–H and O–H groups in total. The summed E-state index contributed by atoms with van der Waals surface area (Å²) >= 11 is 0. The third kappa shape index (κ3) is 2.27. The summed E-state index contributed by atoms with van der Waals surface area (Å²) in [7, 11) is 0. The molecule has 1 heterocycles. The molecule has 0 aromatic heterocycles. The zero-order chi connectivity index (χ0) is 18.5. The quantitative estimate of drug-likeness (QED) is 0.849.